The highest BCUT2D eigenvalue weighted by molar-refractivity contribution is 6.78. The van der Waals surface area contributed by atoms with Crippen LogP contribution in [0.5, 0.6) is 0 Å². The summed E-state index contributed by atoms with van der Waals surface area (Å²) in [6.07, 6.45) is -0.149. The van der Waals surface area contributed by atoms with Crippen LogP contribution in [-0.2, 0) is 22.8 Å². The van der Waals surface area contributed by atoms with Gasteiger partial charge >= 0.3 is 0 Å². The molecule has 42 heavy (non-hydrogen) atoms. The third-order valence-corrected chi connectivity index (χ3v) is 29.4. The first-order valence-corrected chi connectivity index (χ1v) is 23.8. The van der Waals surface area contributed by atoms with Gasteiger partial charge in [0.2, 0.25) is 16.6 Å². The van der Waals surface area contributed by atoms with Gasteiger partial charge in [-0.2, -0.15) is 0 Å². The topological polar surface area (TPSA) is 46.2 Å². The van der Waals surface area contributed by atoms with Crippen LogP contribution in [0, 0.1) is 0 Å². The highest BCUT2D eigenvalue weighted by Gasteiger charge is 2.55. The molecule has 0 aliphatic carbocycles. The van der Waals surface area contributed by atoms with Gasteiger partial charge in [-0.15, -0.1) is 0 Å². The van der Waals surface area contributed by atoms with Crippen molar-refractivity contribution in [1.29, 1.82) is 0 Å². The summed E-state index contributed by atoms with van der Waals surface area (Å²) in [4.78, 5) is 0. The number of methoxy groups -OCH3 is 1. The van der Waals surface area contributed by atoms with Crippen molar-refractivity contribution < 1.29 is 22.8 Å². The molecule has 0 spiro atoms. The zero-order valence-electron chi connectivity index (χ0n) is 31.5. The third kappa shape index (κ3) is 8.05. The van der Waals surface area contributed by atoms with Crippen LogP contribution < -0.4 is 0 Å². The monoisotopic (exact) mass is 646 g/mol. The summed E-state index contributed by atoms with van der Waals surface area (Å²) in [6, 6.07) is 0. The fourth-order valence-electron chi connectivity index (χ4n) is 9.48. The Morgan fingerprint density at radius 3 is 1.17 bits per heavy atom. The van der Waals surface area contributed by atoms with Crippen molar-refractivity contribution in [3.8, 4) is 0 Å². The van der Waals surface area contributed by atoms with Gasteiger partial charge in [0.15, 0.2) is 14.6 Å². The molecule has 0 N–H and O–H groups in total. The Hall–Kier alpha value is 0.451. The smallest absolute Gasteiger partial charge is 0.201 e. The lowest BCUT2D eigenvalue weighted by molar-refractivity contribution is -0.242. The fourth-order valence-corrected chi connectivity index (χ4v) is 26.1. The first-order chi connectivity index (χ1) is 19.2. The predicted molar refractivity (Wildman–Crippen MR) is 189 cm³/mol. The summed E-state index contributed by atoms with van der Waals surface area (Å²) in [5.74, 6) is 0. The molecular weight excluding hydrogens is 573 g/mol. The number of hydrogen-bond acceptors (Lipinski definition) is 5. The quantitative estimate of drug-likeness (QED) is 0.147. The van der Waals surface area contributed by atoms with Crippen molar-refractivity contribution in [2.45, 2.75) is 206 Å². The maximum Gasteiger partial charge on any atom is 0.201 e. The molecular formula is C34H74O5Si3. The van der Waals surface area contributed by atoms with E-state index < -0.39 is 25.0 Å². The van der Waals surface area contributed by atoms with Gasteiger partial charge in [0.1, 0.15) is 6.10 Å². The highest BCUT2D eigenvalue weighted by atomic mass is 28.4. The molecule has 0 unspecified atom stereocenters. The summed E-state index contributed by atoms with van der Waals surface area (Å²) in [5, 5.41) is 0. The van der Waals surface area contributed by atoms with E-state index in [9.17, 15) is 0 Å². The standard InChI is InChI=1S/C34H74O5Si3/c1-22(2)40(23(3)4,24(5)6)36-21-32-34(39-42(28(13)14,29(15)16)30(17)18)31(20-33(35-19)37-32)38-41(25(7)8,26(9)10)27(11)12/h22-34H,20-21H2,1-19H3/t31-,32-,33-,34+/m1/s1. The van der Waals surface area contributed by atoms with E-state index in [1.807, 2.05) is 0 Å². The van der Waals surface area contributed by atoms with Crippen LogP contribution in [0.3, 0.4) is 0 Å². The van der Waals surface area contributed by atoms with Gasteiger partial charge in [-0.3, -0.25) is 0 Å². The molecule has 0 radical (unpaired) electrons. The molecule has 252 valence electrons. The van der Waals surface area contributed by atoms with Gasteiger partial charge in [-0.25, -0.2) is 0 Å². The van der Waals surface area contributed by atoms with E-state index in [2.05, 4.69) is 125 Å². The first-order valence-electron chi connectivity index (χ1n) is 17.4. The Kier molecular flexibility index (Phi) is 15.7. The zero-order chi connectivity index (χ0) is 33.0. The van der Waals surface area contributed by atoms with E-state index in [1.165, 1.54) is 0 Å². The second kappa shape index (κ2) is 16.3. The third-order valence-electron chi connectivity index (χ3n) is 11.1. The minimum atomic E-state index is -2.26. The fraction of sp³-hybridized carbons (Fsp3) is 1.00. The average Bonchev–Trinajstić information content (AvgIpc) is 2.84. The van der Waals surface area contributed by atoms with Crippen molar-refractivity contribution in [1.82, 2.24) is 0 Å². The Morgan fingerprint density at radius 2 is 0.857 bits per heavy atom. The summed E-state index contributed by atoms with van der Waals surface area (Å²) in [6.45, 7) is 43.1. The minimum absolute atomic E-state index is 0.0903. The molecule has 0 aromatic rings. The maximum atomic E-state index is 7.70. The summed E-state index contributed by atoms with van der Waals surface area (Å²) in [7, 11) is -4.81. The second-order valence-electron chi connectivity index (χ2n) is 16.1. The van der Waals surface area contributed by atoms with Crippen LogP contribution >= 0.6 is 0 Å². The van der Waals surface area contributed by atoms with Gasteiger partial charge in [-0.1, -0.05) is 125 Å². The van der Waals surface area contributed by atoms with Crippen LogP contribution in [0.25, 0.3) is 0 Å². The van der Waals surface area contributed by atoms with Crippen LogP contribution in [-0.4, -0.2) is 63.3 Å². The molecule has 0 amide bonds. The lowest BCUT2D eigenvalue weighted by Gasteiger charge is -2.53. The molecule has 0 saturated carbocycles. The highest BCUT2D eigenvalue weighted by Crippen LogP contribution is 2.49. The van der Waals surface area contributed by atoms with Crippen molar-refractivity contribution >= 4 is 25.0 Å². The predicted octanol–water partition coefficient (Wildman–Crippen LogP) is 11.1. The SMILES string of the molecule is CO[C@H]1C[C@@H](O[Si](C(C)C)(C(C)C)C(C)C)[C@H](O[Si](C(C)C)(C(C)C)C(C)C)[C@@H](CO[Si](C(C)C)(C(C)C)C(C)C)O1. The number of rotatable bonds is 17. The average molecular weight is 647 g/mol. The van der Waals surface area contributed by atoms with Gasteiger partial charge in [0.25, 0.3) is 0 Å². The van der Waals surface area contributed by atoms with Crippen molar-refractivity contribution in [3.63, 3.8) is 0 Å². The molecule has 5 nitrogen and oxygen atoms in total. The van der Waals surface area contributed by atoms with Crippen LogP contribution in [0.15, 0.2) is 0 Å². The van der Waals surface area contributed by atoms with Crippen LogP contribution in [0.2, 0.25) is 49.9 Å². The Balaban J connectivity index is 3.84. The maximum absolute atomic E-state index is 7.70. The Labute approximate surface area is 266 Å². The molecule has 0 bridgehead atoms. The van der Waals surface area contributed by atoms with E-state index >= 15 is 0 Å². The Bertz CT molecular complexity index is 716. The van der Waals surface area contributed by atoms with Gasteiger partial charge in [0.05, 0.1) is 18.8 Å². The van der Waals surface area contributed by atoms with Crippen LogP contribution in [0.1, 0.15) is 131 Å². The largest absolute Gasteiger partial charge is 0.413 e. The van der Waals surface area contributed by atoms with E-state index in [-0.39, 0.29) is 24.6 Å². The van der Waals surface area contributed by atoms with E-state index in [4.69, 9.17) is 22.8 Å². The molecule has 0 aromatic carbocycles. The molecule has 8 heteroatoms. The number of hydrogen-bond donors (Lipinski definition) is 0. The van der Waals surface area contributed by atoms with Crippen LogP contribution in [0.4, 0.5) is 0 Å². The van der Waals surface area contributed by atoms with E-state index in [0.717, 1.165) is 0 Å². The summed E-state index contributed by atoms with van der Waals surface area (Å²) < 4.78 is 35.3. The van der Waals surface area contributed by atoms with Gasteiger partial charge < -0.3 is 22.8 Å². The lowest BCUT2D eigenvalue weighted by Crippen LogP contribution is -2.63. The van der Waals surface area contributed by atoms with Crippen molar-refractivity contribution in [2.75, 3.05) is 13.7 Å². The van der Waals surface area contributed by atoms with Crippen molar-refractivity contribution in [3.05, 3.63) is 0 Å². The lowest BCUT2D eigenvalue weighted by atomic mass is 10.0. The zero-order valence-corrected chi connectivity index (χ0v) is 34.5. The molecule has 0 aromatic heterocycles. The molecule has 1 saturated heterocycles. The molecule has 1 rings (SSSR count). The van der Waals surface area contributed by atoms with E-state index in [1.54, 1.807) is 7.11 Å². The van der Waals surface area contributed by atoms with Gasteiger partial charge in [-0.05, 0) is 49.9 Å². The normalized spacial score (nSPS) is 23.4. The summed E-state index contributed by atoms with van der Waals surface area (Å²) in [5.41, 5.74) is 4.38. The van der Waals surface area contributed by atoms with E-state index in [0.29, 0.717) is 62.9 Å². The molecule has 1 aliphatic rings. The first kappa shape index (κ1) is 40.5. The second-order valence-corrected chi connectivity index (χ2v) is 32.4. The van der Waals surface area contributed by atoms with Crippen molar-refractivity contribution in [2.24, 2.45) is 0 Å². The minimum Gasteiger partial charge on any atom is -0.413 e. The number of ether oxygens (including phenoxy) is 2. The molecule has 1 aliphatic heterocycles. The van der Waals surface area contributed by atoms with Gasteiger partial charge in [0, 0.05) is 13.5 Å². The summed E-state index contributed by atoms with van der Waals surface area (Å²) >= 11 is 0. The molecule has 4 atom stereocenters. The molecule has 1 fully saturated rings. The Morgan fingerprint density at radius 1 is 0.524 bits per heavy atom. The molecule has 1 heterocycles.